The summed E-state index contributed by atoms with van der Waals surface area (Å²) in [6.45, 7) is 3.92. The molecular formula is C18H25FN2O. The molecule has 1 aliphatic heterocycles. The highest BCUT2D eigenvalue weighted by molar-refractivity contribution is 5.94. The summed E-state index contributed by atoms with van der Waals surface area (Å²) in [4.78, 5) is 14.7. The summed E-state index contributed by atoms with van der Waals surface area (Å²) in [6.07, 6.45) is 6.54. The zero-order valence-electron chi connectivity index (χ0n) is 13.2. The van der Waals surface area contributed by atoms with Crippen molar-refractivity contribution in [1.29, 1.82) is 0 Å². The third kappa shape index (κ3) is 3.32. The predicted molar refractivity (Wildman–Crippen MR) is 86.1 cm³/mol. The molecule has 0 spiro atoms. The third-order valence-corrected chi connectivity index (χ3v) is 5.38. The van der Waals surface area contributed by atoms with E-state index in [9.17, 15) is 9.18 Å². The van der Waals surface area contributed by atoms with Crippen LogP contribution in [0.3, 0.4) is 0 Å². The second-order valence-corrected chi connectivity index (χ2v) is 6.73. The molecule has 1 saturated heterocycles. The molecule has 0 bridgehead atoms. The van der Waals surface area contributed by atoms with Gasteiger partial charge in [0.25, 0.3) is 0 Å². The Bertz CT molecular complexity index is 534. The minimum Gasteiger partial charge on any atom is -0.322 e. The van der Waals surface area contributed by atoms with Gasteiger partial charge >= 0.3 is 0 Å². The Labute approximate surface area is 131 Å². The minimum atomic E-state index is -0.381. The number of para-hydroxylation sites is 1. The van der Waals surface area contributed by atoms with Crippen LogP contribution in [0.25, 0.3) is 0 Å². The lowest BCUT2D eigenvalue weighted by atomic mass is 9.75. The number of anilines is 1. The quantitative estimate of drug-likeness (QED) is 0.924. The van der Waals surface area contributed by atoms with Crippen LogP contribution < -0.4 is 5.32 Å². The number of carbonyl (C=O) groups excluding carboxylic acids is 1. The molecule has 2 aliphatic rings. The Hall–Kier alpha value is -1.42. The van der Waals surface area contributed by atoms with Gasteiger partial charge in [-0.15, -0.1) is 0 Å². The predicted octanol–water partition coefficient (Wildman–Crippen LogP) is 3.66. The molecule has 1 aliphatic carbocycles. The number of likely N-dealkylation sites (tertiary alicyclic amines) is 1. The van der Waals surface area contributed by atoms with E-state index >= 15 is 0 Å². The summed E-state index contributed by atoms with van der Waals surface area (Å²) >= 11 is 0. The van der Waals surface area contributed by atoms with Gasteiger partial charge in [0, 0.05) is 6.54 Å². The van der Waals surface area contributed by atoms with E-state index < -0.39 is 0 Å². The summed E-state index contributed by atoms with van der Waals surface area (Å²) < 4.78 is 13.6. The van der Waals surface area contributed by atoms with Crippen LogP contribution in [0, 0.1) is 17.7 Å². The van der Waals surface area contributed by atoms with Gasteiger partial charge in [-0.25, -0.2) is 4.39 Å². The van der Waals surface area contributed by atoms with Crippen molar-refractivity contribution in [3.05, 3.63) is 30.1 Å². The molecule has 1 amide bonds. The van der Waals surface area contributed by atoms with Crippen LogP contribution in [0.1, 0.15) is 39.0 Å². The smallest absolute Gasteiger partial charge is 0.241 e. The van der Waals surface area contributed by atoms with Crippen LogP contribution >= 0.6 is 0 Å². The fourth-order valence-electron chi connectivity index (χ4n) is 3.95. The molecule has 22 heavy (non-hydrogen) atoms. The Morgan fingerprint density at radius 1 is 1.23 bits per heavy atom. The fraction of sp³-hybridized carbons (Fsp3) is 0.611. The number of piperidine rings is 1. The van der Waals surface area contributed by atoms with Crippen molar-refractivity contribution in [3.8, 4) is 0 Å². The number of hydrogen-bond acceptors (Lipinski definition) is 2. The minimum absolute atomic E-state index is 0.112. The molecule has 3 nitrogen and oxygen atoms in total. The summed E-state index contributed by atoms with van der Waals surface area (Å²) in [7, 11) is 0. The normalized spacial score (nSPS) is 27.0. The van der Waals surface area contributed by atoms with Gasteiger partial charge in [0.1, 0.15) is 5.82 Å². The standard InChI is InChI=1S/C18H25FN2O/c1-13(18(22)20-17-9-5-4-8-16(17)19)21-11-10-14-6-2-3-7-15(14)12-21/h4-5,8-9,13-15H,2-3,6-7,10-12H2,1H3,(H,20,22)/t13-,14-,15+/m0/s1. The van der Waals surface area contributed by atoms with E-state index in [0.717, 1.165) is 24.9 Å². The first-order valence-electron chi connectivity index (χ1n) is 8.44. The van der Waals surface area contributed by atoms with E-state index in [2.05, 4.69) is 10.2 Å². The maximum Gasteiger partial charge on any atom is 0.241 e. The molecular weight excluding hydrogens is 279 g/mol. The molecule has 1 aromatic carbocycles. The van der Waals surface area contributed by atoms with Gasteiger partial charge in [0.15, 0.2) is 0 Å². The number of rotatable bonds is 3. The number of fused-ring (bicyclic) bond motifs is 1. The van der Waals surface area contributed by atoms with Crippen LogP contribution in [-0.4, -0.2) is 29.9 Å². The van der Waals surface area contributed by atoms with Crippen molar-refractivity contribution in [2.45, 2.75) is 45.1 Å². The average molecular weight is 304 g/mol. The highest BCUT2D eigenvalue weighted by Crippen LogP contribution is 2.36. The largest absolute Gasteiger partial charge is 0.322 e. The third-order valence-electron chi connectivity index (χ3n) is 5.38. The first-order valence-corrected chi connectivity index (χ1v) is 8.44. The molecule has 3 rings (SSSR count). The topological polar surface area (TPSA) is 32.3 Å². The molecule has 0 radical (unpaired) electrons. The SMILES string of the molecule is C[C@@H](C(=O)Nc1ccccc1F)N1CC[C@@H]2CCCC[C@@H]2C1. The zero-order chi connectivity index (χ0) is 15.5. The van der Waals surface area contributed by atoms with Crippen molar-refractivity contribution < 1.29 is 9.18 Å². The maximum atomic E-state index is 13.6. The highest BCUT2D eigenvalue weighted by atomic mass is 19.1. The number of nitrogens with zero attached hydrogens (tertiary/aromatic N) is 1. The summed E-state index contributed by atoms with van der Waals surface area (Å²) in [5.74, 6) is 1.10. The number of benzene rings is 1. The number of amides is 1. The van der Waals surface area contributed by atoms with Gasteiger partial charge in [-0.2, -0.15) is 0 Å². The van der Waals surface area contributed by atoms with E-state index in [0.29, 0.717) is 0 Å². The zero-order valence-corrected chi connectivity index (χ0v) is 13.2. The Balaban J connectivity index is 1.60. The second kappa shape index (κ2) is 6.78. The summed E-state index contributed by atoms with van der Waals surface area (Å²) in [6, 6.07) is 6.13. The van der Waals surface area contributed by atoms with Gasteiger partial charge in [-0.05, 0) is 50.3 Å². The monoisotopic (exact) mass is 304 g/mol. The number of nitrogens with one attached hydrogen (secondary N) is 1. The first-order chi connectivity index (χ1) is 10.6. The molecule has 3 atom stereocenters. The van der Waals surface area contributed by atoms with Gasteiger partial charge < -0.3 is 5.32 Å². The number of hydrogen-bond donors (Lipinski definition) is 1. The van der Waals surface area contributed by atoms with Crippen molar-refractivity contribution in [1.82, 2.24) is 4.90 Å². The summed E-state index contributed by atoms with van der Waals surface area (Å²) in [5, 5.41) is 2.72. The molecule has 0 aromatic heterocycles. The Morgan fingerprint density at radius 2 is 1.95 bits per heavy atom. The highest BCUT2D eigenvalue weighted by Gasteiger charge is 2.34. The lowest BCUT2D eigenvalue weighted by molar-refractivity contribution is -0.122. The lowest BCUT2D eigenvalue weighted by Crippen LogP contribution is -2.50. The van der Waals surface area contributed by atoms with Crippen LogP contribution in [0.2, 0.25) is 0 Å². The van der Waals surface area contributed by atoms with E-state index in [-0.39, 0.29) is 23.5 Å². The van der Waals surface area contributed by atoms with Crippen LogP contribution in [0.15, 0.2) is 24.3 Å². The van der Waals surface area contributed by atoms with E-state index in [4.69, 9.17) is 0 Å². The van der Waals surface area contributed by atoms with Crippen LogP contribution in [-0.2, 0) is 4.79 Å². The number of halogens is 1. The van der Waals surface area contributed by atoms with E-state index in [1.54, 1.807) is 18.2 Å². The first kappa shape index (κ1) is 15.5. The van der Waals surface area contributed by atoms with Crippen LogP contribution in [0.5, 0.6) is 0 Å². The molecule has 1 aromatic rings. The fourth-order valence-corrected chi connectivity index (χ4v) is 3.95. The van der Waals surface area contributed by atoms with E-state index in [1.807, 2.05) is 6.92 Å². The van der Waals surface area contributed by atoms with Gasteiger partial charge in [0.2, 0.25) is 5.91 Å². The molecule has 4 heteroatoms. The maximum absolute atomic E-state index is 13.6. The lowest BCUT2D eigenvalue weighted by Gasteiger charge is -2.43. The van der Waals surface area contributed by atoms with Crippen molar-refractivity contribution >= 4 is 11.6 Å². The van der Waals surface area contributed by atoms with E-state index in [1.165, 1.54) is 38.2 Å². The molecule has 0 unspecified atom stereocenters. The van der Waals surface area contributed by atoms with Gasteiger partial charge in [-0.1, -0.05) is 31.4 Å². The van der Waals surface area contributed by atoms with Crippen molar-refractivity contribution in [3.63, 3.8) is 0 Å². The van der Waals surface area contributed by atoms with Crippen molar-refractivity contribution in [2.24, 2.45) is 11.8 Å². The van der Waals surface area contributed by atoms with Crippen molar-refractivity contribution in [2.75, 3.05) is 18.4 Å². The van der Waals surface area contributed by atoms with Gasteiger partial charge in [0.05, 0.1) is 11.7 Å². The summed E-state index contributed by atoms with van der Waals surface area (Å²) in [5.41, 5.74) is 0.270. The van der Waals surface area contributed by atoms with Crippen LogP contribution in [0.4, 0.5) is 10.1 Å². The molecule has 1 N–H and O–H groups in total. The molecule has 1 heterocycles. The second-order valence-electron chi connectivity index (χ2n) is 6.73. The molecule has 2 fully saturated rings. The Morgan fingerprint density at radius 3 is 2.73 bits per heavy atom. The molecule has 1 saturated carbocycles. The number of carbonyl (C=O) groups is 1. The van der Waals surface area contributed by atoms with Gasteiger partial charge in [-0.3, -0.25) is 9.69 Å². The molecule has 120 valence electrons. The Kier molecular flexibility index (Phi) is 4.77. The average Bonchev–Trinajstić information content (AvgIpc) is 2.55.